The minimum Gasteiger partial charge on any atom is -0.476 e. The monoisotopic (exact) mass is 239 g/mol. The Kier molecular flexibility index (Phi) is 5.06. The Labute approximate surface area is 100 Å². The maximum absolute atomic E-state index is 10.9. The van der Waals surface area contributed by atoms with Gasteiger partial charge in [-0.15, -0.1) is 0 Å². The van der Waals surface area contributed by atoms with E-state index >= 15 is 0 Å². The van der Waals surface area contributed by atoms with Gasteiger partial charge in [-0.1, -0.05) is 6.92 Å². The van der Waals surface area contributed by atoms with Crippen molar-refractivity contribution in [1.29, 1.82) is 0 Å². The minimum absolute atomic E-state index is 0.0562. The van der Waals surface area contributed by atoms with Crippen LogP contribution in [0.4, 0.5) is 11.5 Å². The van der Waals surface area contributed by atoms with Gasteiger partial charge in [0.25, 0.3) is 0 Å². The van der Waals surface area contributed by atoms with E-state index in [1.165, 1.54) is 7.11 Å². The van der Waals surface area contributed by atoms with Crippen LogP contribution in [0.15, 0.2) is 12.1 Å². The molecule has 0 spiro atoms. The number of rotatable bonds is 6. The van der Waals surface area contributed by atoms with Gasteiger partial charge >= 0.3 is 5.97 Å². The SMILES string of the molecule is CCCOc1nc(NCC(=O)OC)ccc1N. The molecule has 17 heavy (non-hydrogen) atoms. The van der Waals surface area contributed by atoms with Crippen molar-refractivity contribution in [3.63, 3.8) is 0 Å². The molecule has 0 fully saturated rings. The summed E-state index contributed by atoms with van der Waals surface area (Å²) in [6, 6.07) is 3.36. The van der Waals surface area contributed by atoms with E-state index < -0.39 is 0 Å². The Morgan fingerprint density at radius 1 is 1.53 bits per heavy atom. The first-order valence-electron chi connectivity index (χ1n) is 5.37. The molecule has 0 aliphatic heterocycles. The molecule has 0 aliphatic carbocycles. The Morgan fingerprint density at radius 3 is 2.94 bits per heavy atom. The first kappa shape index (κ1) is 13.1. The van der Waals surface area contributed by atoms with Gasteiger partial charge in [-0.2, -0.15) is 4.98 Å². The lowest BCUT2D eigenvalue weighted by Crippen LogP contribution is -2.16. The fraction of sp³-hybridized carbons (Fsp3) is 0.455. The van der Waals surface area contributed by atoms with Crippen molar-refractivity contribution in [2.75, 3.05) is 31.3 Å². The van der Waals surface area contributed by atoms with Crippen molar-refractivity contribution in [3.8, 4) is 5.88 Å². The number of ether oxygens (including phenoxy) is 2. The van der Waals surface area contributed by atoms with Gasteiger partial charge in [-0.25, -0.2) is 0 Å². The van der Waals surface area contributed by atoms with E-state index in [0.717, 1.165) is 6.42 Å². The van der Waals surface area contributed by atoms with E-state index in [-0.39, 0.29) is 12.5 Å². The van der Waals surface area contributed by atoms with E-state index in [2.05, 4.69) is 15.0 Å². The third-order valence-corrected chi connectivity index (χ3v) is 1.97. The van der Waals surface area contributed by atoms with Crippen LogP contribution >= 0.6 is 0 Å². The molecule has 1 aromatic rings. The maximum atomic E-state index is 10.9. The summed E-state index contributed by atoms with van der Waals surface area (Å²) in [5, 5.41) is 2.82. The zero-order chi connectivity index (χ0) is 12.7. The molecule has 0 bridgehead atoms. The third kappa shape index (κ3) is 4.18. The van der Waals surface area contributed by atoms with E-state index in [9.17, 15) is 4.79 Å². The van der Waals surface area contributed by atoms with Gasteiger partial charge in [0, 0.05) is 0 Å². The van der Waals surface area contributed by atoms with Gasteiger partial charge in [0.1, 0.15) is 12.4 Å². The molecular weight excluding hydrogens is 222 g/mol. The van der Waals surface area contributed by atoms with Crippen LogP contribution in [0.5, 0.6) is 5.88 Å². The molecule has 94 valence electrons. The minimum atomic E-state index is -0.361. The average Bonchev–Trinajstić information content (AvgIpc) is 2.35. The number of nitrogens with one attached hydrogen (secondary N) is 1. The van der Waals surface area contributed by atoms with Crippen LogP contribution in [0, 0.1) is 0 Å². The number of nitrogen functional groups attached to an aromatic ring is 1. The summed E-state index contributed by atoms with van der Waals surface area (Å²) < 4.78 is 9.87. The van der Waals surface area contributed by atoms with Crippen LogP contribution < -0.4 is 15.8 Å². The lowest BCUT2D eigenvalue weighted by molar-refractivity contribution is -0.138. The van der Waals surface area contributed by atoms with Crippen LogP contribution in [0.25, 0.3) is 0 Å². The molecule has 1 heterocycles. The second-order valence-electron chi connectivity index (χ2n) is 3.37. The van der Waals surface area contributed by atoms with Gasteiger partial charge in [-0.3, -0.25) is 4.79 Å². The van der Waals surface area contributed by atoms with Crippen LogP contribution in [-0.2, 0) is 9.53 Å². The molecule has 0 aliphatic rings. The van der Waals surface area contributed by atoms with Gasteiger partial charge in [0.15, 0.2) is 0 Å². The van der Waals surface area contributed by atoms with Crippen molar-refractivity contribution >= 4 is 17.5 Å². The Hall–Kier alpha value is -1.98. The fourth-order valence-electron chi connectivity index (χ4n) is 1.10. The standard InChI is InChI=1S/C11H17N3O3/c1-3-6-17-11-8(12)4-5-9(14-11)13-7-10(15)16-2/h4-5H,3,6-7,12H2,1-2H3,(H,13,14). The summed E-state index contributed by atoms with van der Waals surface area (Å²) in [6.45, 7) is 2.60. The highest BCUT2D eigenvalue weighted by Crippen LogP contribution is 2.20. The van der Waals surface area contributed by atoms with Crippen molar-refractivity contribution in [2.24, 2.45) is 0 Å². The molecule has 0 radical (unpaired) electrons. The van der Waals surface area contributed by atoms with E-state index in [4.69, 9.17) is 10.5 Å². The number of methoxy groups -OCH3 is 1. The second kappa shape index (κ2) is 6.57. The molecule has 0 unspecified atom stereocenters. The molecule has 6 nitrogen and oxygen atoms in total. The summed E-state index contributed by atoms with van der Waals surface area (Å²) in [7, 11) is 1.33. The average molecular weight is 239 g/mol. The molecular formula is C11H17N3O3. The second-order valence-corrected chi connectivity index (χ2v) is 3.37. The number of anilines is 2. The highest BCUT2D eigenvalue weighted by atomic mass is 16.5. The van der Waals surface area contributed by atoms with Gasteiger partial charge in [0.2, 0.25) is 5.88 Å². The lowest BCUT2D eigenvalue weighted by atomic mass is 10.4. The number of hydrogen-bond acceptors (Lipinski definition) is 6. The molecule has 6 heteroatoms. The molecule has 0 saturated carbocycles. The van der Waals surface area contributed by atoms with Crippen LogP contribution in [0.3, 0.4) is 0 Å². The zero-order valence-corrected chi connectivity index (χ0v) is 10.0. The summed E-state index contributed by atoms with van der Waals surface area (Å²) >= 11 is 0. The van der Waals surface area contributed by atoms with Gasteiger partial charge in [-0.05, 0) is 18.6 Å². The molecule has 0 atom stereocenters. The molecule has 0 aromatic carbocycles. The number of carbonyl (C=O) groups is 1. The highest BCUT2D eigenvalue weighted by Gasteiger charge is 2.05. The first-order valence-corrected chi connectivity index (χ1v) is 5.37. The molecule has 1 aromatic heterocycles. The number of pyridine rings is 1. The Balaban J connectivity index is 2.64. The summed E-state index contributed by atoms with van der Waals surface area (Å²) in [6.07, 6.45) is 0.876. The summed E-state index contributed by atoms with van der Waals surface area (Å²) in [4.78, 5) is 15.1. The van der Waals surface area contributed by atoms with Gasteiger partial charge < -0.3 is 20.5 Å². The summed E-state index contributed by atoms with van der Waals surface area (Å²) in [5.74, 6) is 0.539. The number of hydrogen-bond donors (Lipinski definition) is 2. The number of carbonyl (C=O) groups excluding carboxylic acids is 1. The van der Waals surface area contributed by atoms with E-state index in [0.29, 0.717) is 24.0 Å². The molecule has 0 saturated heterocycles. The predicted molar refractivity (Wildman–Crippen MR) is 64.9 cm³/mol. The van der Waals surface area contributed by atoms with Crippen LogP contribution in [-0.4, -0.2) is 31.2 Å². The van der Waals surface area contributed by atoms with Crippen molar-refractivity contribution < 1.29 is 14.3 Å². The number of nitrogens with two attached hydrogens (primary N) is 1. The predicted octanol–water partition coefficient (Wildman–Crippen LogP) is 1.04. The zero-order valence-electron chi connectivity index (χ0n) is 10.0. The van der Waals surface area contributed by atoms with Crippen LogP contribution in [0.1, 0.15) is 13.3 Å². The van der Waals surface area contributed by atoms with Gasteiger partial charge in [0.05, 0.1) is 19.4 Å². The normalized spacial score (nSPS) is 9.76. The largest absolute Gasteiger partial charge is 0.476 e. The quantitative estimate of drug-likeness (QED) is 0.721. The number of aromatic nitrogens is 1. The van der Waals surface area contributed by atoms with Crippen molar-refractivity contribution in [2.45, 2.75) is 13.3 Å². The van der Waals surface area contributed by atoms with Crippen LogP contribution in [0.2, 0.25) is 0 Å². The Bertz CT molecular complexity index is 382. The fourth-order valence-corrected chi connectivity index (χ4v) is 1.10. The number of esters is 1. The van der Waals surface area contributed by atoms with Crippen molar-refractivity contribution in [1.82, 2.24) is 4.98 Å². The number of nitrogens with zero attached hydrogens (tertiary/aromatic N) is 1. The lowest BCUT2D eigenvalue weighted by Gasteiger charge is -2.09. The highest BCUT2D eigenvalue weighted by molar-refractivity contribution is 5.74. The first-order chi connectivity index (χ1) is 8.17. The van der Waals surface area contributed by atoms with Crippen molar-refractivity contribution in [3.05, 3.63) is 12.1 Å². The molecule has 1 rings (SSSR count). The molecule has 0 amide bonds. The smallest absolute Gasteiger partial charge is 0.325 e. The Morgan fingerprint density at radius 2 is 2.29 bits per heavy atom. The molecule has 3 N–H and O–H groups in total. The van der Waals surface area contributed by atoms with E-state index in [1.54, 1.807) is 12.1 Å². The third-order valence-electron chi connectivity index (χ3n) is 1.97. The summed E-state index contributed by atoms with van der Waals surface area (Å²) in [5.41, 5.74) is 6.18. The topological polar surface area (TPSA) is 86.5 Å². The maximum Gasteiger partial charge on any atom is 0.325 e. The van der Waals surface area contributed by atoms with E-state index in [1.807, 2.05) is 6.92 Å².